The molecule has 2 aromatic carbocycles. The average Bonchev–Trinajstić information content (AvgIpc) is 3.40. The monoisotopic (exact) mass is 796 g/mol. The van der Waals surface area contributed by atoms with Gasteiger partial charge in [-0.25, -0.2) is 19.9 Å². The van der Waals surface area contributed by atoms with Crippen molar-refractivity contribution in [2.24, 2.45) is 22.4 Å². The molecule has 2 aliphatic rings. The van der Waals surface area contributed by atoms with E-state index in [9.17, 15) is 51.3 Å². The molecule has 0 radical (unpaired) electrons. The number of benzene rings is 2. The number of hydrogen-bond acceptors (Lipinski definition) is 9. The molecule has 55 heavy (non-hydrogen) atoms. The third kappa shape index (κ3) is 11.8. The van der Waals surface area contributed by atoms with E-state index >= 15 is 0 Å². The fourth-order valence-electron chi connectivity index (χ4n) is 5.44. The Kier molecular flexibility index (Phi) is 13.3. The topological polar surface area (TPSA) is 169 Å². The van der Waals surface area contributed by atoms with E-state index in [0.29, 0.717) is 47.9 Å². The zero-order chi connectivity index (χ0) is 40.6. The lowest BCUT2D eigenvalue weighted by Crippen LogP contribution is -2.45. The summed E-state index contributed by atoms with van der Waals surface area (Å²) in [5.74, 6) is -3.17. The molecular formula is C35H31ClF6N6O7. The van der Waals surface area contributed by atoms with Crippen molar-refractivity contribution in [3.05, 3.63) is 111 Å². The molecule has 1 aromatic heterocycles. The number of rotatable bonds is 11. The smallest absolute Gasteiger partial charge is 0.434 e. The van der Waals surface area contributed by atoms with Gasteiger partial charge < -0.3 is 24.4 Å². The Morgan fingerprint density at radius 1 is 1.09 bits per heavy atom. The molecule has 1 aliphatic carbocycles. The number of hydrazone groups is 1. The summed E-state index contributed by atoms with van der Waals surface area (Å²) in [5, 5.41) is 25.7. The summed E-state index contributed by atoms with van der Waals surface area (Å²) in [4.78, 5) is 40.5. The van der Waals surface area contributed by atoms with Gasteiger partial charge in [-0.3, -0.25) is 4.79 Å². The molecule has 3 unspecified atom stereocenters. The molecule has 5 rings (SSSR count). The van der Waals surface area contributed by atoms with Crippen LogP contribution < -0.4 is 10.1 Å². The van der Waals surface area contributed by atoms with Gasteiger partial charge in [-0.2, -0.15) is 31.6 Å². The first-order valence-corrected chi connectivity index (χ1v) is 16.4. The van der Waals surface area contributed by atoms with Crippen LogP contribution in [0, 0.1) is 38.7 Å². The summed E-state index contributed by atoms with van der Waals surface area (Å²) < 4.78 is 90.2. The van der Waals surface area contributed by atoms with E-state index in [4.69, 9.17) is 21.1 Å². The summed E-state index contributed by atoms with van der Waals surface area (Å²) in [7, 11) is 0. The number of nitriles is 1. The lowest BCUT2D eigenvalue weighted by Gasteiger charge is -2.22. The number of carbonyl (C=O) groups excluding carboxylic acids is 2. The fourth-order valence-corrected chi connectivity index (χ4v) is 5.55. The highest BCUT2D eigenvalue weighted by Crippen LogP contribution is 2.59. The second kappa shape index (κ2) is 17.5. The average molecular weight is 797 g/mol. The van der Waals surface area contributed by atoms with Crippen LogP contribution in [0.5, 0.6) is 11.5 Å². The van der Waals surface area contributed by atoms with Crippen molar-refractivity contribution in [1.82, 2.24) is 15.2 Å². The molecule has 0 amide bonds. The van der Waals surface area contributed by atoms with E-state index in [-0.39, 0.29) is 5.96 Å². The van der Waals surface area contributed by atoms with Gasteiger partial charge in [-0.1, -0.05) is 67.9 Å². The molecule has 2 heterocycles. The lowest BCUT2D eigenvalue weighted by molar-refractivity contribution is -0.485. The van der Waals surface area contributed by atoms with Gasteiger partial charge in [0.1, 0.15) is 27.8 Å². The molecule has 3 aromatic rings. The summed E-state index contributed by atoms with van der Waals surface area (Å²) in [6.45, 7) is 5.01. The molecule has 292 valence electrons. The summed E-state index contributed by atoms with van der Waals surface area (Å²) >= 11 is 5.68. The quantitative estimate of drug-likeness (QED) is 0.0523. The minimum atomic E-state index is -5.84. The molecule has 0 bridgehead atoms. The standard InChI is InChI=1S/C26H21F6NO5.C9H10ClN5O2/c1-24(2)18(11-12-20(34)38-23(25(27,28)29)26(30,31)32)21(24)22(35)37-19(14-33)15-7-6-10-17(13-15)36-16-8-4-3-5-9-16;10-8-2-1-7(5-12-8)6-14-4-3-11-9(14)13-15(16)17/h3-13,18-19,21,23H,1-2H3;1-2,5H,3-4,6H2,(H,11,13)/b12-11-;. The van der Waals surface area contributed by atoms with Crippen molar-refractivity contribution in [2.45, 2.75) is 45.0 Å². The van der Waals surface area contributed by atoms with Gasteiger partial charge in [0.2, 0.25) is 6.10 Å². The number of hydrogen-bond donors (Lipinski definition) is 1. The predicted molar refractivity (Wildman–Crippen MR) is 181 cm³/mol. The maximum absolute atomic E-state index is 12.8. The number of nitro groups is 1. The zero-order valence-corrected chi connectivity index (χ0v) is 29.5. The van der Waals surface area contributed by atoms with Gasteiger partial charge in [-0.05, 0) is 47.2 Å². The number of nitrogens with zero attached hydrogens (tertiary/aromatic N) is 5. The maximum atomic E-state index is 12.8. The van der Waals surface area contributed by atoms with Gasteiger partial charge in [0.25, 0.3) is 12.1 Å². The Bertz CT molecular complexity index is 1920. The van der Waals surface area contributed by atoms with Crippen LogP contribution in [0.25, 0.3) is 0 Å². The van der Waals surface area contributed by atoms with Crippen molar-refractivity contribution in [3.63, 3.8) is 0 Å². The van der Waals surface area contributed by atoms with Crippen molar-refractivity contribution in [2.75, 3.05) is 13.1 Å². The first-order valence-electron chi connectivity index (χ1n) is 16.1. The first-order chi connectivity index (χ1) is 25.8. The van der Waals surface area contributed by atoms with Gasteiger partial charge in [0.05, 0.1) is 5.92 Å². The number of pyridine rings is 1. The molecule has 1 aliphatic heterocycles. The van der Waals surface area contributed by atoms with Crippen LogP contribution in [0.2, 0.25) is 5.15 Å². The van der Waals surface area contributed by atoms with Crippen LogP contribution in [0.15, 0.2) is 90.2 Å². The van der Waals surface area contributed by atoms with Gasteiger partial charge in [0, 0.05) is 37.5 Å². The van der Waals surface area contributed by atoms with Crippen LogP contribution in [0.4, 0.5) is 26.3 Å². The number of esters is 2. The Labute approximate surface area is 314 Å². The summed E-state index contributed by atoms with van der Waals surface area (Å²) in [6, 6.07) is 20.5. The second-order valence-electron chi connectivity index (χ2n) is 12.5. The number of alkyl halides is 6. The van der Waals surface area contributed by atoms with Crippen molar-refractivity contribution < 1.29 is 55.2 Å². The highest BCUT2D eigenvalue weighted by atomic mass is 35.5. The molecule has 3 atom stereocenters. The number of aromatic nitrogens is 1. The highest BCUT2D eigenvalue weighted by molar-refractivity contribution is 6.29. The molecule has 20 heteroatoms. The van der Waals surface area contributed by atoms with Crippen molar-refractivity contribution in [3.8, 4) is 17.6 Å². The Balaban J connectivity index is 0.000000328. The summed E-state index contributed by atoms with van der Waals surface area (Å²) in [5.41, 5.74) is 0.391. The number of guanidine groups is 1. The fraction of sp³-hybridized carbons (Fsp3) is 0.343. The number of para-hydroxylation sites is 1. The highest BCUT2D eigenvalue weighted by Gasteiger charge is 2.62. The Morgan fingerprint density at radius 3 is 2.36 bits per heavy atom. The third-order valence-electron chi connectivity index (χ3n) is 8.23. The van der Waals surface area contributed by atoms with Gasteiger partial charge in [-0.15, -0.1) is 0 Å². The summed E-state index contributed by atoms with van der Waals surface area (Å²) in [6.07, 6.45) is -14.2. The number of halogens is 7. The van der Waals surface area contributed by atoms with Crippen LogP contribution in [0.1, 0.15) is 31.1 Å². The zero-order valence-electron chi connectivity index (χ0n) is 28.8. The number of carbonyl (C=O) groups is 2. The maximum Gasteiger partial charge on any atom is 0.434 e. The largest absolute Gasteiger partial charge is 0.457 e. The molecule has 13 nitrogen and oxygen atoms in total. The first kappa shape index (κ1) is 41.9. The number of allylic oxidation sites excluding steroid dienone is 1. The van der Waals surface area contributed by atoms with E-state index in [1.165, 1.54) is 6.07 Å². The minimum Gasteiger partial charge on any atom is -0.457 e. The molecular weight excluding hydrogens is 766 g/mol. The van der Waals surface area contributed by atoms with Crippen LogP contribution >= 0.6 is 11.6 Å². The van der Waals surface area contributed by atoms with Crippen molar-refractivity contribution >= 4 is 29.5 Å². The van der Waals surface area contributed by atoms with E-state index in [2.05, 4.69) is 20.1 Å². The lowest BCUT2D eigenvalue weighted by atomic mass is 10.1. The molecule has 1 saturated heterocycles. The van der Waals surface area contributed by atoms with Crippen molar-refractivity contribution in [1.29, 1.82) is 5.26 Å². The SMILES string of the molecule is CC1(C)C(/C=C\C(=O)OC(C(F)(F)F)C(F)(F)F)C1C(=O)OC(C#N)c1cccc(Oc2ccccc2)c1.O=[N+]([O-])/N=C1\NCCN1Cc1ccc(Cl)nc1. The van der Waals surface area contributed by atoms with Crippen LogP contribution in [-0.2, 0) is 25.6 Å². The number of nitrogens with one attached hydrogen (secondary N) is 1. The predicted octanol–water partition coefficient (Wildman–Crippen LogP) is 7.14. The van der Waals surface area contributed by atoms with E-state index in [1.54, 1.807) is 79.5 Å². The molecule has 1 saturated carbocycles. The van der Waals surface area contributed by atoms with Gasteiger partial charge >= 0.3 is 24.3 Å². The Hall–Kier alpha value is -5.90. The molecule has 1 N–H and O–H groups in total. The third-order valence-corrected chi connectivity index (χ3v) is 8.45. The van der Waals surface area contributed by atoms with Gasteiger partial charge in [0.15, 0.2) is 5.03 Å². The minimum absolute atomic E-state index is 0.282. The molecule has 0 spiro atoms. The normalized spacial score (nSPS) is 18.8. The number of ether oxygens (including phenoxy) is 3. The Morgan fingerprint density at radius 2 is 1.76 bits per heavy atom. The molecule has 2 fully saturated rings. The van der Waals surface area contributed by atoms with E-state index in [1.807, 2.05) is 12.1 Å². The van der Waals surface area contributed by atoms with E-state index < -0.39 is 58.8 Å². The van der Waals surface area contributed by atoms with Crippen LogP contribution in [0.3, 0.4) is 0 Å². The second-order valence-corrected chi connectivity index (χ2v) is 12.9. The van der Waals surface area contributed by atoms with Crippen LogP contribution in [-0.4, -0.2) is 64.4 Å². The van der Waals surface area contributed by atoms with E-state index in [0.717, 1.165) is 11.6 Å².